The summed E-state index contributed by atoms with van der Waals surface area (Å²) >= 11 is 5.45. The van der Waals surface area contributed by atoms with Gasteiger partial charge >= 0.3 is 5.97 Å². The first-order valence-corrected chi connectivity index (χ1v) is 9.44. The molecule has 2 aromatic rings. The molecule has 2 heterocycles. The molecule has 0 bridgehead atoms. The highest BCUT2D eigenvalue weighted by atomic mass is 32.1. The zero-order valence-corrected chi connectivity index (χ0v) is 16.6. The van der Waals surface area contributed by atoms with E-state index in [1.165, 1.54) is 0 Å². The predicted molar refractivity (Wildman–Crippen MR) is 106 cm³/mol. The summed E-state index contributed by atoms with van der Waals surface area (Å²) in [5.74, 6) is 0.366. The number of methoxy groups -OCH3 is 1. The van der Waals surface area contributed by atoms with E-state index in [0.29, 0.717) is 24.0 Å². The third-order valence-electron chi connectivity index (χ3n) is 4.46. The molecule has 0 saturated heterocycles. The minimum Gasteiger partial charge on any atom is -0.497 e. The summed E-state index contributed by atoms with van der Waals surface area (Å²) in [6, 6.07) is 7.61. The fourth-order valence-electron chi connectivity index (χ4n) is 3.16. The van der Waals surface area contributed by atoms with Gasteiger partial charge in [-0.15, -0.1) is 0 Å². The van der Waals surface area contributed by atoms with Gasteiger partial charge in [0.1, 0.15) is 5.75 Å². The predicted octanol–water partition coefficient (Wildman–Crippen LogP) is 2.31. The molecule has 0 atom stereocenters. The zero-order valence-electron chi connectivity index (χ0n) is 15.8. The number of benzene rings is 1. The number of nitrogens with one attached hydrogen (secondary N) is 1. The molecule has 0 saturated carbocycles. The number of rotatable bonds is 5. The van der Waals surface area contributed by atoms with E-state index in [0.717, 1.165) is 42.2 Å². The van der Waals surface area contributed by atoms with Crippen LogP contribution in [0.25, 0.3) is 5.69 Å². The fourth-order valence-corrected chi connectivity index (χ4v) is 3.46. The van der Waals surface area contributed by atoms with Crippen LogP contribution in [0.5, 0.6) is 5.75 Å². The monoisotopic (exact) mass is 388 g/mol. The molecule has 0 radical (unpaired) electrons. The van der Waals surface area contributed by atoms with Gasteiger partial charge in [0.15, 0.2) is 10.8 Å². The van der Waals surface area contributed by atoms with Crippen molar-refractivity contribution in [3.8, 4) is 11.4 Å². The van der Waals surface area contributed by atoms with Crippen LogP contribution in [0.1, 0.15) is 35.6 Å². The number of thiocarbonyl (C=S) groups is 1. The van der Waals surface area contributed by atoms with E-state index >= 15 is 0 Å². The summed E-state index contributed by atoms with van der Waals surface area (Å²) in [6.07, 6.45) is 0.735. The molecule has 3 rings (SSSR count). The van der Waals surface area contributed by atoms with Gasteiger partial charge in [-0.1, -0.05) is 0 Å². The van der Waals surface area contributed by atoms with Crippen LogP contribution < -0.4 is 10.1 Å². The Morgan fingerprint density at radius 1 is 1.30 bits per heavy atom. The maximum atomic E-state index is 12.5. The van der Waals surface area contributed by atoms with Crippen molar-refractivity contribution in [3.63, 3.8) is 0 Å². The van der Waals surface area contributed by atoms with Gasteiger partial charge in [-0.05, 0) is 50.3 Å². The molecule has 0 unspecified atom stereocenters. The fraction of sp³-hybridized carbons (Fsp3) is 0.421. The molecule has 0 amide bonds. The van der Waals surface area contributed by atoms with Crippen molar-refractivity contribution < 1.29 is 14.3 Å². The minimum absolute atomic E-state index is 0.308. The number of esters is 1. The summed E-state index contributed by atoms with van der Waals surface area (Å²) in [5.41, 5.74) is 3.12. The Balaban J connectivity index is 2.00. The highest BCUT2D eigenvalue weighted by molar-refractivity contribution is 7.80. The molecule has 0 spiro atoms. The van der Waals surface area contributed by atoms with Crippen LogP contribution in [0.15, 0.2) is 24.3 Å². The first kappa shape index (κ1) is 19.2. The number of carbonyl (C=O) groups excluding carboxylic acids is 1. The molecular formula is C19H24N4O3S. The lowest BCUT2D eigenvalue weighted by atomic mass is 10.1. The van der Waals surface area contributed by atoms with Crippen molar-refractivity contribution >= 4 is 23.3 Å². The molecule has 27 heavy (non-hydrogen) atoms. The van der Waals surface area contributed by atoms with Crippen molar-refractivity contribution in [1.29, 1.82) is 0 Å². The Morgan fingerprint density at radius 2 is 2.04 bits per heavy atom. The van der Waals surface area contributed by atoms with E-state index in [1.807, 2.05) is 35.9 Å². The normalized spacial score (nSPS) is 13.1. The van der Waals surface area contributed by atoms with E-state index in [1.54, 1.807) is 14.0 Å². The smallest absolute Gasteiger partial charge is 0.359 e. The van der Waals surface area contributed by atoms with E-state index in [9.17, 15) is 4.79 Å². The Labute approximate surface area is 164 Å². The quantitative estimate of drug-likeness (QED) is 0.623. The van der Waals surface area contributed by atoms with Crippen LogP contribution in [-0.2, 0) is 17.7 Å². The van der Waals surface area contributed by atoms with Crippen LogP contribution in [0, 0.1) is 0 Å². The molecule has 1 aromatic carbocycles. The van der Waals surface area contributed by atoms with Gasteiger partial charge < -0.3 is 19.7 Å². The van der Waals surface area contributed by atoms with Crippen LogP contribution in [0.2, 0.25) is 0 Å². The lowest BCUT2D eigenvalue weighted by Gasteiger charge is -2.30. The van der Waals surface area contributed by atoms with Gasteiger partial charge in [0.2, 0.25) is 0 Å². The first-order chi connectivity index (χ1) is 13.1. The van der Waals surface area contributed by atoms with Crippen molar-refractivity contribution in [2.75, 3.05) is 26.8 Å². The van der Waals surface area contributed by atoms with Gasteiger partial charge in [0.25, 0.3) is 0 Å². The van der Waals surface area contributed by atoms with Gasteiger partial charge in [-0.25, -0.2) is 9.48 Å². The second-order valence-corrected chi connectivity index (χ2v) is 6.50. The molecule has 1 aliphatic heterocycles. The maximum Gasteiger partial charge on any atom is 0.359 e. The van der Waals surface area contributed by atoms with Crippen molar-refractivity contribution in [3.05, 3.63) is 41.2 Å². The first-order valence-electron chi connectivity index (χ1n) is 9.04. The zero-order chi connectivity index (χ0) is 19.4. The third-order valence-corrected chi connectivity index (χ3v) is 4.86. The number of fused-ring (bicyclic) bond motifs is 1. The second-order valence-electron chi connectivity index (χ2n) is 6.11. The van der Waals surface area contributed by atoms with E-state index in [2.05, 4.69) is 15.3 Å². The lowest BCUT2D eigenvalue weighted by molar-refractivity contribution is 0.0517. The average Bonchev–Trinajstić information content (AvgIpc) is 3.07. The highest BCUT2D eigenvalue weighted by Crippen LogP contribution is 2.27. The second kappa shape index (κ2) is 8.39. The van der Waals surface area contributed by atoms with Crippen molar-refractivity contribution in [2.24, 2.45) is 0 Å². The molecule has 8 heteroatoms. The highest BCUT2D eigenvalue weighted by Gasteiger charge is 2.30. The number of hydrogen-bond donors (Lipinski definition) is 1. The van der Waals surface area contributed by atoms with Gasteiger partial charge in [-0.2, -0.15) is 5.10 Å². The summed E-state index contributed by atoms with van der Waals surface area (Å²) in [6.45, 7) is 6.17. The molecule has 1 N–H and O–H groups in total. The Morgan fingerprint density at radius 3 is 2.67 bits per heavy atom. The minimum atomic E-state index is -0.405. The summed E-state index contributed by atoms with van der Waals surface area (Å²) in [7, 11) is 1.63. The van der Waals surface area contributed by atoms with Gasteiger partial charge in [0, 0.05) is 31.6 Å². The molecule has 0 aliphatic carbocycles. The maximum absolute atomic E-state index is 12.5. The van der Waals surface area contributed by atoms with Crippen LogP contribution >= 0.6 is 12.2 Å². The SMILES string of the molecule is CCNC(=S)N1CCc2c(c(C(=O)OCC)nn2-c2ccc(OC)cc2)C1. The number of hydrogen-bond acceptors (Lipinski definition) is 5. The topological polar surface area (TPSA) is 68.6 Å². The van der Waals surface area contributed by atoms with Crippen LogP contribution in [0.3, 0.4) is 0 Å². The molecule has 0 fully saturated rings. The number of aromatic nitrogens is 2. The molecule has 144 valence electrons. The van der Waals surface area contributed by atoms with Gasteiger partial charge in [0.05, 0.1) is 25.1 Å². The van der Waals surface area contributed by atoms with E-state index in [4.69, 9.17) is 21.7 Å². The molecule has 1 aromatic heterocycles. The number of nitrogens with zero attached hydrogens (tertiary/aromatic N) is 3. The molecule has 7 nitrogen and oxygen atoms in total. The van der Waals surface area contributed by atoms with Crippen LogP contribution in [-0.4, -0.2) is 52.6 Å². The van der Waals surface area contributed by atoms with Gasteiger partial charge in [-0.3, -0.25) is 0 Å². The van der Waals surface area contributed by atoms with Crippen LogP contribution in [0.4, 0.5) is 0 Å². The summed E-state index contributed by atoms with van der Waals surface area (Å²) in [4.78, 5) is 14.5. The van der Waals surface area contributed by atoms with Crippen molar-refractivity contribution in [2.45, 2.75) is 26.8 Å². The van der Waals surface area contributed by atoms with E-state index < -0.39 is 5.97 Å². The summed E-state index contributed by atoms with van der Waals surface area (Å²) < 4.78 is 12.3. The van der Waals surface area contributed by atoms with Crippen molar-refractivity contribution in [1.82, 2.24) is 20.0 Å². The number of carbonyl (C=O) groups is 1. The molecular weight excluding hydrogens is 364 g/mol. The summed E-state index contributed by atoms with van der Waals surface area (Å²) in [5, 5.41) is 8.45. The average molecular weight is 388 g/mol. The van der Waals surface area contributed by atoms with E-state index in [-0.39, 0.29) is 0 Å². The molecule has 1 aliphatic rings. The Kier molecular flexibility index (Phi) is 5.95. The number of ether oxygens (including phenoxy) is 2. The standard InChI is InChI=1S/C19H24N4O3S/c1-4-20-19(27)22-11-10-16-15(12-22)17(18(24)26-5-2)21-23(16)13-6-8-14(25-3)9-7-13/h6-9H,4-5,10-12H2,1-3H3,(H,20,27). The third kappa shape index (κ3) is 3.90. The largest absolute Gasteiger partial charge is 0.497 e. The Bertz CT molecular complexity index is 832. The Hall–Kier alpha value is -2.61. The lowest BCUT2D eigenvalue weighted by Crippen LogP contribution is -2.42.